The van der Waals surface area contributed by atoms with E-state index in [2.05, 4.69) is 15.3 Å². The Kier molecular flexibility index (Phi) is 2.09. The molecule has 0 saturated carbocycles. The van der Waals surface area contributed by atoms with Crippen molar-refractivity contribution in [3.63, 3.8) is 0 Å². The first-order valence-electron chi connectivity index (χ1n) is 3.97. The van der Waals surface area contributed by atoms with Gasteiger partial charge in [0.1, 0.15) is 0 Å². The van der Waals surface area contributed by atoms with Crippen LogP contribution in [0.3, 0.4) is 0 Å². The zero-order valence-electron chi connectivity index (χ0n) is 7.48. The Labute approximate surface area is 85.5 Å². The number of anilines is 1. The maximum absolute atomic E-state index is 5.96. The van der Waals surface area contributed by atoms with Crippen molar-refractivity contribution in [2.45, 2.75) is 6.92 Å². The van der Waals surface area contributed by atoms with Gasteiger partial charge < -0.3 is 5.73 Å². The quantitative estimate of drug-likeness (QED) is 0.767. The normalized spacial score (nSPS) is 10.4. The van der Waals surface area contributed by atoms with Crippen molar-refractivity contribution in [1.82, 2.24) is 20.0 Å². The number of halogens is 1. The van der Waals surface area contributed by atoms with E-state index < -0.39 is 0 Å². The third kappa shape index (κ3) is 1.42. The third-order valence-electron chi connectivity index (χ3n) is 1.76. The van der Waals surface area contributed by atoms with Gasteiger partial charge in [0.05, 0.1) is 28.8 Å². The SMILES string of the molecule is Cc1cnnn1-c1ncc(N)cc1Cl. The monoisotopic (exact) mass is 209 g/mol. The molecule has 0 unspecified atom stereocenters. The van der Waals surface area contributed by atoms with E-state index in [0.29, 0.717) is 16.5 Å². The molecule has 0 bridgehead atoms. The van der Waals surface area contributed by atoms with E-state index in [1.807, 2.05) is 6.92 Å². The van der Waals surface area contributed by atoms with Gasteiger partial charge in [0.15, 0.2) is 5.82 Å². The lowest BCUT2D eigenvalue weighted by molar-refractivity contribution is 0.764. The second-order valence-electron chi connectivity index (χ2n) is 2.86. The molecule has 0 saturated heterocycles. The Morgan fingerprint density at radius 1 is 1.43 bits per heavy atom. The van der Waals surface area contributed by atoms with Crippen molar-refractivity contribution in [3.05, 3.63) is 29.2 Å². The van der Waals surface area contributed by atoms with Crippen LogP contribution in [0, 0.1) is 6.92 Å². The molecule has 5 nitrogen and oxygen atoms in total. The topological polar surface area (TPSA) is 69.6 Å². The molecule has 2 aromatic rings. The molecule has 0 atom stereocenters. The Morgan fingerprint density at radius 2 is 2.21 bits per heavy atom. The highest BCUT2D eigenvalue weighted by atomic mass is 35.5. The third-order valence-corrected chi connectivity index (χ3v) is 2.04. The predicted octanol–water partition coefficient (Wildman–Crippen LogP) is 1.21. The molecule has 6 heteroatoms. The van der Waals surface area contributed by atoms with Crippen LogP contribution in [0.5, 0.6) is 0 Å². The number of hydrogen-bond acceptors (Lipinski definition) is 4. The average molecular weight is 210 g/mol. The van der Waals surface area contributed by atoms with Gasteiger partial charge in [0, 0.05) is 0 Å². The smallest absolute Gasteiger partial charge is 0.174 e. The second kappa shape index (κ2) is 3.26. The van der Waals surface area contributed by atoms with Crippen molar-refractivity contribution in [2.75, 3.05) is 5.73 Å². The summed E-state index contributed by atoms with van der Waals surface area (Å²) in [7, 11) is 0. The molecular formula is C8H8ClN5. The minimum Gasteiger partial charge on any atom is -0.397 e. The molecule has 0 aromatic carbocycles. The van der Waals surface area contributed by atoms with Crippen LogP contribution < -0.4 is 5.73 Å². The summed E-state index contributed by atoms with van der Waals surface area (Å²) in [4.78, 5) is 4.08. The standard InChI is InChI=1S/C8H8ClN5/c1-5-3-12-13-14(5)8-7(9)2-6(10)4-11-8/h2-4H,10H2,1H3. The molecule has 0 aliphatic carbocycles. The molecule has 2 rings (SSSR count). The van der Waals surface area contributed by atoms with E-state index in [1.165, 1.54) is 6.20 Å². The van der Waals surface area contributed by atoms with Crippen molar-refractivity contribution < 1.29 is 0 Å². The highest BCUT2D eigenvalue weighted by Crippen LogP contribution is 2.20. The summed E-state index contributed by atoms with van der Waals surface area (Å²) < 4.78 is 1.56. The van der Waals surface area contributed by atoms with Gasteiger partial charge in [-0.15, -0.1) is 5.10 Å². The fourth-order valence-electron chi connectivity index (χ4n) is 1.10. The Bertz CT molecular complexity index is 465. The minimum atomic E-state index is 0.457. The fourth-order valence-corrected chi connectivity index (χ4v) is 1.35. The molecule has 2 N–H and O–H groups in total. The van der Waals surface area contributed by atoms with Gasteiger partial charge >= 0.3 is 0 Å². The van der Waals surface area contributed by atoms with Crippen LogP contribution >= 0.6 is 11.6 Å². The van der Waals surface area contributed by atoms with Crippen LogP contribution in [0.4, 0.5) is 5.69 Å². The number of aryl methyl sites for hydroxylation is 1. The number of aromatic nitrogens is 4. The summed E-state index contributed by atoms with van der Waals surface area (Å²) in [6.07, 6.45) is 3.16. The average Bonchev–Trinajstić information content (AvgIpc) is 2.52. The molecule has 0 spiro atoms. The van der Waals surface area contributed by atoms with Crippen LogP contribution in [0.2, 0.25) is 5.02 Å². The lowest BCUT2D eigenvalue weighted by Crippen LogP contribution is -2.03. The van der Waals surface area contributed by atoms with Gasteiger partial charge in [-0.05, 0) is 13.0 Å². The first-order chi connectivity index (χ1) is 6.68. The van der Waals surface area contributed by atoms with Crippen LogP contribution in [0.1, 0.15) is 5.69 Å². The number of nitrogen functional groups attached to an aromatic ring is 1. The molecule has 0 amide bonds. The lowest BCUT2D eigenvalue weighted by Gasteiger charge is -2.04. The molecule has 14 heavy (non-hydrogen) atoms. The van der Waals surface area contributed by atoms with E-state index in [0.717, 1.165) is 5.69 Å². The Morgan fingerprint density at radius 3 is 2.79 bits per heavy atom. The molecule has 2 aromatic heterocycles. The van der Waals surface area contributed by atoms with Crippen molar-refractivity contribution >= 4 is 17.3 Å². The highest BCUT2D eigenvalue weighted by molar-refractivity contribution is 6.32. The van der Waals surface area contributed by atoms with Crippen molar-refractivity contribution in [2.24, 2.45) is 0 Å². The van der Waals surface area contributed by atoms with Gasteiger partial charge in [-0.2, -0.15) is 4.68 Å². The first-order valence-corrected chi connectivity index (χ1v) is 4.35. The molecule has 0 aliphatic heterocycles. The van der Waals surface area contributed by atoms with Crippen molar-refractivity contribution in [3.8, 4) is 5.82 Å². The van der Waals surface area contributed by atoms with Crippen LogP contribution in [0.15, 0.2) is 18.5 Å². The zero-order valence-corrected chi connectivity index (χ0v) is 8.23. The van der Waals surface area contributed by atoms with Gasteiger partial charge in [-0.3, -0.25) is 0 Å². The van der Waals surface area contributed by atoms with Gasteiger partial charge in [-0.1, -0.05) is 16.8 Å². The minimum absolute atomic E-state index is 0.457. The largest absolute Gasteiger partial charge is 0.397 e. The highest BCUT2D eigenvalue weighted by Gasteiger charge is 2.08. The maximum Gasteiger partial charge on any atom is 0.174 e. The van der Waals surface area contributed by atoms with Gasteiger partial charge in [0.25, 0.3) is 0 Å². The summed E-state index contributed by atoms with van der Waals surface area (Å²) in [5.41, 5.74) is 6.92. The van der Waals surface area contributed by atoms with E-state index >= 15 is 0 Å². The maximum atomic E-state index is 5.96. The number of pyridine rings is 1. The Balaban J connectivity index is 2.58. The molecular weight excluding hydrogens is 202 g/mol. The molecule has 72 valence electrons. The number of hydrogen-bond donors (Lipinski definition) is 1. The number of nitrogens with zero attached hydrogens (tertiary/aromatic N) is 4. The predicted molar refractivity (Wildman–Crippen MR) is 53.3 cm³/mol. The molecule has 0 aliphatic rings. The van der Waals surface area contributed by atoms with Crippen LogP contribution in [-0.2, 0) is 0 Å². The van der Waals surface area contributed by atoms with E-state index in [4.69, 9.17) is 17.3 Å². The van der Waals surface area contributed by atoms with Crippen LogP contribution in [-0.4, -0.2) is 20.0 Å². The summed E-state index contributed by atoms with van der Waals surface area (Å²) >= 11 is 5.96. The number of nitrogens with two attached hydrogens (primary N) is 1. The van der Waals surface area contributed by atoms with E-state index in [1.54, 1.807) is 16.9 Å². The second-order valence-corrected chi connectivity index (χ2v) is 3.27. The van der Waals surface area contributed by atoms with Crippen LogP contribution in [0.25, 0.3) is 5.82 Å². The summed E-state index contributed by atoms with van der Waals surface area (Å²) in [6.45, 7) is 1.87. The Hall–Kier alpha value is -1.62. The van der Waals surface area contributed by atoms with Crippen molar-refractivity contribution in [1.29, 1.82) is 0 Å². The summed E-state index contributed by atoms with van der Waals surface area (Å²) in [6, 6.07) is 1.63. The zero-order chi connectivity index (χ0) is 10.1. The summed E-state index contributed by atoms with van der Waals surface area (Å²) in [5.74, 6) is 0.538. The molecule has 0 fully saturated rings. The van der Waals surface area contributed by atoms with E-state index in [-0.39, 0.29) is 0 Å². The van der Waals surface area contributed by atoms with Gasteiger partial charge in [0.2, 0.25) is 0 Å². The first kappa shape index (κ1) is 8.96. The molecule has 0 radical (unpaired) electrons. The summed E-state index contributed by atoms with van der Waals surface area (Å²) in [5, 5.41) is 8.06. The number of rotatable bonds is 1. The lowest BCUT2D eigenvalue weighted by atomic mass is 10.4. The van der Waals surface area contributed by atoms with E-state index in [9.17, 15) is 0 Å². The molecule has 2 heterocycles. The van der Waals surface area contributed by atoms with Gasteiger partial charge in [-0.25, -0.2) is 4.98 Å². The fraction of sp³-hybridized carbons (Fsp3) is 0.125.